The second-order valence-corrected chi connectivity index (χ2v) is 9.16. The van der Waals surface area contributed by atoms with Gasteiger partial charge in [0.05, 0.1) is 16.3 Å². The fourth-order valence-electron chi connectivity index (χ4n) is 2.58. The lowest BCUT2D eigenvalue weighted by Gasteiger charge is -2.14. The summed E-state index contributed by atoms with van der Waals surface area (Å²) in [6.45, 7) is 1.98. The average Bonchev–Trinajstić information content (AvgIpc) is 2.96. The standard InChI is InChI=1S/C19H21N3O2S2/c1-14-10-11-16(26(23,24)21(2)3)12-17(14)18-13-25-19(22(18)4)20-15-8-6-5-7-9-15/h5-13H,1-4H3/b20-19+. The van der Waals surface area contributed by atoms with Crippen molar-refractivity contribution in [3.05, 3.63) is 64.3 Å². The van der Waals surface area contributed by atoms with Crippen LogP contribution in [-0.4, -0.2) is 31.4 Å². The number of aromatic nitrogens is 1. The molecule has 0 aliphatic heterocycles. The maximum atomic E-state index is 12.5. The second-order valence-electron chi connectivity index (χ2n) is 6.17. The molecular weight excluding hydrogens is 366 g/mol. The average molecular weight is 388 g/mol. The predicted octanol–water partition coefficient (Wildman–Crippen LogP) is 3.54. The van der Waals surface area contributed by atoms with Crippen molar-refractivity contribution in [2.45, 2.75) is 11.8 Å². The first kappa shape index (κ1) is 18.6. The molecule has 0 N–H and O–H groups in total. The monoisotopic (exact) mass is 387 g/mol. The minimum absolute atomic E-state index is 0.288. The molecule has 0 amide bonds. The smallest absolute Gasteiger partial charge is 0.242 e. The molecule has 26 heavy (non-hydrogen) atoms. The molecule has 0 unspecified atom stereocenters. The van der Waals surface area contributed by atoms with E-state index in [1.54, 1.807) is 12.1 Å². The molecule has 2 aromatic carbocycles. The molecule has 0 aliphatic carbocycles. The maximum Gasteiger partial charge on any atom is 0.242 e. The molecule has 136 valence electrons. The van der Waals surface area contributed by atoms with Crippen molar-refractivity contribution in [1.82, 2.24) is 8.87 Å². The third kappa shape index (κ3) is 3.51. The van der Waals surface area contributed by atoms with Crippen LogP contribution in [0.25, 0.3) is 11.3 Å². The molecule has 1 heterocycles. The largest absolute Gasteiger partial charge is 0.320 e. The van der Waals surface area contributed by atoms with E-state index in [2.05, 4.69) is 4.99 Å². The molecule has 0 saturated carbocycles. The molecule has 5 nitrogen and oxygen atoms in total. The molecule has 0 spiro atoms. The Morgan fingerprint density at radius 1 is 1.08 bits per heavy atom. The quantitative estimate of drug-likeness (QED) is 0.687. The molecule has 0 radical (unpaired) electrons. The van der Waals surface area contributed by atoms with E-state index in [1.165, 1.54) is 29.7 Å². The van der Waals surface area contributed by atoms with Gasteiger partial charge in [0, 0.05) is 32.1 Å². The molecule has 3 rings (SSSR count). The van der Waals surface area contributed by atoms with E-state index in [4.69, 9.17) is 0 Å². The van der Waals surface area contributed by atoms with Gasteiger partial charge in [0.15, 0.2) is 4.80 Å². The van der Waals surface area contributed by atoms with Gasteiger partial charge in [0.25, 0.3) is 0 Å². The highest BCUT2D eigenvalue weighted by Gasteiger charge is 2.19. The van der Waals surface area contributed by atoms with Gasteiger partial charge in [-0.25, -0.2) is 17.7 Å². The first-order chi connectivity index (χ1) is 12.3. The number of nitrogens with zero attached hydrogens (tertiary/aromatic N) is 3. The molecule has 0 aliphatic rings. The third-order valence-corrected chi connectivity index (χ3v) is 6.90. The topological polar surface area (TPSA) is 54.7 Å². The zero-order valence-corrected chi connectivity index (χ0v) is 16.8. The van der Waals surface area contributed by atoms with Gasteiger partial charge in [0.1, 0.15) is 0 Å². The normalized spacial score (nSPS) is 12.7. The number of hydrogen-bond acceptors (Lipinski definition) is 4. The molecule has 3 aromatic rings. The van der Waals surface area contributed by atoms with Gasteiger partial charge in [0.2, 0.25) is 10.0 Å². The van der Waals surface area contributed by atoms with Gasteiger partial charge < -0.3 is 4.57 Å². The highest BCUT2D eigenvalue weighted by molar-refractivity contribution is 7.89. The third-order valence-electron chi connectivity index (χ3n) is 4.17. The lowest BCUT2D eigenvalue weighted by Crippen LogP contribution is -2.22. The van der Waals surface area contributed by atoms with Gasteiger partial charge in [-0.2, -0.15) is 0 Å². The zero-order chi connectivity index (χ0) is 18.9. The van der Waals surface area contributed by atoms with Crippen molar-refractivity contribution >= 4 is 27.0 Å². The van der Waals surface area contributed by atoms with Crippen molar-refractivity contribution < 1.29 is 8.42 Å². The van der Waals surface area contributed by atoms with Crippen LogP contribution in [0.2, 0.25) is 0 Å². The Morgan fingerprint density at radius 2 is 1.77 bits per heavy atom. The first-order valence-electron chi connectivity index (χ1n) is 8.08. The number of para-hydroxylation sites is 1. The summed E-state index contributed by atoms with van der Waals surface area (Å²) in [5.74, 6) is 0. The lowest BCUT2D eigenvalue weighted by molar-refractivity contribution is 0.521. The summed E-state index contributed by atoms with van der Waals surface area (Å²) >= 11 is 1.53. The summed E-state index contributed by atoms with van der Waals surface area (Å²) in [7, 11) is 1.55. The van der Waals surface area contributed by atoms with Gasteiger partial charge in [-0.15, -0.1) is 11.3 Å². The molecular formula is C19H21N3O2S2. The summed E-state index contributed by atoms with van der Waals surface area (Å²) in [6.07, 6.45) is 0. The minimum atomic E-state index is -3.47. The lowest BCUT2D eigenvalue weighted by atomic mass is 10.1. The number of thiazole rings is 1. The van der Waals surface area contributed by atoms with Crippen LogP contribution in [0.5, 0.6) is 0 Å². The van der Waals surface area contributed by atoms with Crippen LogP contribution in [0, 0.1) is 6.92 Å². The fraction of sp³-hybridized carbons (Fsp3) is 0.211. The van der Waals surface area contributed by atoms with Gasteiger partial charge in [-0.05, 0) is 36.8 Å². The highest BCUT2D eigenvalue weighted by Crippen LogP contribution is 2.27. The number of benzene rings is 2. The maximum absolute atomic E-state index is 12.5. The van der Waals surface area contributed by atoms with E-state index in [1.807, 2.05) is 60.3 Å². The summed E-state index contributed by atoms with van der Waals surface area (Å²) in [4.78, 5) is 5.81. The van der Waals surface area contributed by atoms with Crippen molar-refractivity contribution in [2.75, 3.05) is 14.1 Å². The fourth-order valence-corrected chi connectivity index (χ4v) is 4.42. The van der Waals surface area contributed by atoms with E-state index >= 15 is 0 Å². The molecule has 0 saturated heterocycles. The molecule has 0 bridgehead atoms. The Labute approximate surface area is 157 Å². The van der Waals surface area contributed by atoms with E-state index < -0.39 is 10.0 Å². The Hall–Kier alpha value is -2.22. The van der Waals surface area contributed by atoms with Gasteiger partial charge >= 0.3 is 0 Å². The molecule has 1 aromatic heterocycles. The summed E-state index contributed by atoms with van der Waals surface area (Å²) < 4.78 is 28.1. The Bertz CT molecular complexity index is 1100. The van der Waals surface area contributed by atoms with Gasteiger partial charge in [-0.3, -0.25) is 0 Å². The molecule has 7 heteroatoms. The van der Waals surface area contributed by atoms with Crippen LogP contribution in [-0.2, 0) is 17.1 Å². The van der Waals surface area contributed by atoms with Crippen LogP contribution >= 0.6 is 11.3 Å². The SMILES string of the molecule is Cc1ccc(S(=O)(=O)N(C)C)cc1-c1cs/c(=N/c2ccccc2)n1C. The first-order valence-corrected chi connectivity index (χ1v) is 10.4. The van der Waals surface area contributed by atoms with E-state index in [0.717, 1.165) is 27.3 Å². The minimum Gasteiger partial charge on any atom is -0.320 e. The number of sulfonamides is 1. The van der Waals surface area contributed by atoms with Crippen LogP contribution in [0.3, 0.4) is 0 Å². The van der Waals surface area contributed by atoms with Crippen molar-refractivity contribution in [1.29, 1.82) is 0 Å². The summed E-state index contributed by atoms with van der Waals surface area (Å²) in [5.41, 5.74) is 3.73. The Balaban J connectivity index is 2.13. The van der Waals surface area contributed by atoms with Crippen molar-refractivity contribution in [3.63, 3.8) is 0 Å². The van der Waals surface area contributed by atoms with E-state index in [9.17, 15) is 8.42 Å². The number of aryl methyl sites for hydroxylation is 1. The molecule has 0 atom stereocenters. The van der Waals surface area contributed by atoms with Gasteiger partial charge in [-0.1, -0.05) is 24.3 Å². The van der Waals surface area contributed by atoms with E-state index in [-0.39, 0.29) is 4.90 Å². The zero-order valence-electron chi connectivity index (χ0n) is 15.2. The number of hydrogen-bond donors (Lipinski definition) is 0. The Kier molecular flexibility index (Phi) is 5.13. The van der Waals surface area contributed by atoms with Crippen LogP contribution in [0.1, 0.15) is 5.56 Å². The van der Waals surface area contributed by atoms with Crippen molar-refractivity contribution in [2.24, 2.45) is 12.0 Å². The van der Waals surface area contributed by atoms with Crippen LogP contribution in [0.15, 0.2) is 63.8 Å². The van der Waals surface area contributed by atoms with Crippen LogP contribution < -0.4 is 4.80 Å². The second kappa shape index (κ2) is 7.19. The number of rotatable bonds is 4. The Morgan fingerprint density at radius 3 is 2.42 bits per heavy atom. The highest BCUT2D eigenvalue weighted by atomic mass is 32.2. The summed E-state index contributed by atoms with van der Waals surface area (Å²) in [6, 6.07) is 15.0. The van der Waals surface area contributed by atoms with Crippen LogP contribution in [0.4, 0.5) is 5.69 Å². The van der Waals surface area contributed by atoms with Crippen molar-refractivity contribution in [3.8, 4) is 11.3 Å². The predicted molar refractivity (Wildman–Crippen MR) is 106 cm³/mol. The molecule has 0 fully saturated rings. The summed E-state index contributed by atoms with van der Waals surface area (Å²) in [5, 5.41) is 2.01. The van der Waals surface area contributed by atoms with E-state index in [0.29, 0.717) is 0 Å².